The second-order valence-corrected chi connectivity index (χ2v) is 4.99. The van der Waals surface area contributed by atoms with Crippen molar-refractivity contribution in [3.8, 4) is 11.5 Å². The Hall–Kier alpha value is -1.74. The van der Waals surface area contributed by atoms with Crippen molar-refractivity contribution < 1.29 is 26.4 Å². The van der Waals surface area contributed by atoms with Gasteiger partial charge in [0, 0.05) is 18.6 Å². The van der Waals surface area contributed by atoms with E-state index in [1.54, 1.807) is 0 Å². The third-order valence-electron chi connectivity index (χ3n) is 3.20. The van der Waals surface area contributed by atoms with E-state index in [4.69, 9.17) is 9.47 Å². The third-order valence-corrected chi connectivity index (χ3v) is 3.20. The van der Waals surface area contributed by atoms with E-state index in [9.17, 15) is 0 Å². The van der Waals surface area contributed by atoms with Gasteiger partial charge in [0.2, 0.25) is 0 Å². The average molecular weight is 322 g/mol. The Morgan fingerprint density at radius 3 is 1.91 bits per heavy atom. The molecule has 0 aliphatic heterocycles. The van der Waals surface area contributed by atoms with Crippen LogP contribution in [0, 0.1) is 0 Å². The number of pyridine rings is 1. The zero-order valence-electron chi connectivity index (χ0n) is 13.1. The van der Waals surface area contributed by atoms with Crippen LogP contribution >= 0.6 is 0 Å². The highest BCUT2D eigenvalue weighted by atomic mass is 35.5. The van der Waals surface area contributed by atoms with Crippen LogP contribution in [0.3, 0.4) is 0 Å². The number of aryl methyl sites for hydroxylation is 1. The molecule has 0 amide bonds. The monoisotopic (exact) mass is 321 g/mol. The van der Waals surface area contributed by atoms with Gasteiger partial charge in [0.1, 0.15) is 11.5 Å². The van der Waals surface area contributed by atoms with Gasteiger partial charge < -0.3 is 21.9 Å². The Labute approximate surface area is 139 Å². The predicted molar refractivity (Wildman–Crippen MR) is 83.6 cm³/mol. The smallest absolute Gasteiger partial charge is 0.168 e. The van der Waals surface area contributed by atoms with Gasteiger partial charge in [-0.05, 0) is 30.7 Å². The Kier molecular flexibility index (Phi) is 9.08. The lowest BCUT2D eigenvalue weighted by Gasteiger charge is -2.08. The molecule has 120 valence electrons. The molecule has 0 spiro atoms. The molecule has 3 nitrogen and oxygen atoms in total. The standard InChI is InChI=1S/C18H24NO2.ClH/c1-2-3-15-20-17-8-10-18(11-9-17)21-16-7-14-19-12-5-4-6-13-19;/h4-6,8-13H,2-3,7,14-16H2,1H3;1H/q+1;/p-1. The normalized spacial score (nSPS) is 9.86. The van der Waals surface area contributed by atoms with Crippen LogP contribution in [0.25, 0.3) is 0 Å². The Balaban J connectivity index is 0.00000242. The summed E-state index contributed by atoms with van der Waals surface area (Å²) in [5, 5.41) is 0. The van der Waals surface area contributed by atoms with E-state index in [0.29, 0.717) is 0 Å². The van der Waals surface area contributed by atoms with Crippen molar-refractivity contribution in [2.24, 2.45) is 0 Å². The molecule has 0 N–H and O–H groups in total. The summed E-state index contributed by atoms with van der Waals surface area (Å²) in [6.45, 7) is 4.63. The Bertz CT molecular complexity index is 502. The Morgan fingerprint density at radius 1 is 0.818 bits per heavy atom. The molecule has 2 aromatic rings. The molecule has 0 bridgehead atoms. The Morgan fingerprint density at radius 2 is 1.36 bits per heavy atom. The summed E-state index contributed by atoms with van der Waals surface area (Å²) in [4.78, 5) is 0. The van der Waals surface area contributed by atoms with Gasteiger partial charge in [0.15, 0.2) is 18.9 Å². The van der Waals surface area contributed by atoms with E-state index < -0.39 is 0 Å². The minimum Gasteiger partial charge on any atom is -1.00 e. The number of aromatic nitrogens is 1. The molecule has 0 radical (unpaired) electrons. The summed E-state index contributed by atoms with van der Waals surface area (Å²) < 4.78 is 13.5. The van der Waals surface area contributed by atoms with Gasteiger partial charge >= 0.3 is 0 Å². The number of nitrogens with zero attached hydrogens (tertiary/aromatic N) is 1. The summed E-state index contributed by atoms with van der Waals surface area (Å²) in [6, 6.07) is 14.0. The number of halogens is 1. The first-order valence-corrected chi connectivity index (χ1v) is 7.68. The zero-order valence-corrected chi connectivity index (χ0v) is 13.8. The predicted octanol–water partition coefficient (Wildman–Crippen LogP) is 0.626. The highest BCUT2D eigenvalue weighted by Gasteiger charge is 2.00. The lowest BCUT2D eigenvalue weighted by molar-refractivity contribution is -0.697. The van der Waals surface area contributed by atoms with Crippen LogP contribution in [0.2, 0.25) is 0 Å². The average Bonchev–Trinajstić information content (AvgIpc) is 2.54. The quantitative estimate of drug-likeness (QED) is 0.499. The summed E-state index contributed by atoms with van der Waals surface area (Å²) in [7, 11) is 0. The van der Waals surface area contributed by atoms with Gasteiger partial charge in [-0.25, -0.2) is 4.57 Å². The molecule has 0 fully saturated rings. The molecule has 22 heavy (non-hydrogen) atoms. The number of benzene rings is 1. The number of hydrogen-bond acceptors (Lipinski definition) is 2. The number of ether oxygens (including phenoxy) is 2. The molecule has 0 saturated heterocycles. The minimum absolute atomic E-state index is 0. The maximum atomic E-state index is 5.74. The van der Waals surface area contributed by atoms with Crippen molar-refractivity contribution in [1.82, 2.24) is 0 Å². The fraction of sp³-hybridized carbons (Fsp3) is 0.389. The van der Waals surface area contributed by atoms with Crippen LogP contribution in [-0.2, 0) is 6.54 Å². The van der Waals surface area contributed by atoms with Crippen molar-refractivity contribution in [1.29, 1.82) is 0 Å². The molecule has 4 heteroatoms. The van der Waals surface area contributed by atoms with E-state index in [2.05, 4.69) is 23.9 Å². The molecular formula is C18H24ClNO2. The molecule has 1 aromatic heterocycles. The van der Waals surface area contributed by atoms with Gasteiger partial charge in [0.05, 0.1) is 13.2 Å². The van der Waals surface area contributed by atoms with Crippen molar-refractivity contribution in [2.45, 2.75) is 32.7 Å². The molecule has 0 saturated carbocycles. The topological polar surface area (TPSA) is 22.3 Å². The highest BCUT2D eigenvalue weighted by Crippen LogP contribution is 2.17. The van der Waals surface area contributed by atoms with E-state index in [1.165, 1.54) is 0 Å². The molecule has 0 unspecified atom stereocenters. The molecule has 0 aliphatic carbocycles. The van der Waals surface area contributed by atoms with Gasteiger partial charge in [-0.15, -0.1) is 0 Å². The number of unbranched alkanes of at least 4 members (excludes halogenated alkanes) is 1. The lowest BCUT2D eigenvalue weighted by Crippen LogP contribution is -3.00. The van der Waals surface area contributed by atoms with Crippen molar-refractivity contribution >= 4 is 0 Å². The molecule has 0 atom stereocenters. The van der Waals surface area contributed by atoms with Crippen molar-refractivity contribution in [3.05, 3.63) is 54.9 Å². The van der Waals surface area contributed by atoms with Crippen molar-refractivity contribution in [2.75, 3.05) is 13.2 Å². The fourth-order valence-electron chi connectivity index (χ4n) is 1.99. The van der Waals surface area contributed by atoms with Gasteiger partial charge in [0.25, 0.3) is 0 Å². The first-order chi connectivity index (χ1) is 10.4. The molecule has 1 heterocycles. The van der Waals surface area contributed by atoms with Crippen LogP contribution in [0.5, 0.6) is 11.5 Å². The van der Waals surface area contributed by atoms with E-state index in [-0.39, 0.29) is 12.4 Å². The van der Waals surface area contributed by atoms with Crippen LogP contribution in [0.4, 0.5) is 0 Å². The number of hydrogen-bond donors (Lipinski definition) is 0. The zero-order chi connectivity index (χ0) is 14.8. The number of rotatable bonds is 9. The first-order valence-electron chi connectivity index (χ1n) is 7.68. The minimum atomic E-state index is 0. The molecular weight excluding hydrogens is 298 g/mol. The molecule has 1 aromatic carbocycles. The highest BCUT2D eigenvalue weighted by molar-refractivity contribution is 5.31. The second-order valence-electron chi connectivity index (χ2n) is 4.99. The van der Waals surface area contributed by atoms with Gasteiger partial charge in [-0.2, -0.15) is 0 Å². The maximum absolute atomic E-state index is 5.74. The first kappa shape index (κ1) is 18.3. The van der Waals surface area contributed by atoms with Crippen LogP contribution < -0.4 is 26.4 Å². The summed E-state index contributed by atoms with van der Waals surface area (Å²) in [6.07, 6.45) is 7.38. The van der Waals surface area contributed by atoms with Gasteiger partial charge in [-0.1, -0.05) is 19.4 Å². The van der Waals surface area contributed by atoms with E-state index in [1.807, 2.05) is 42.5 Å². The van der Waals surface area contributed by atoms with E-state index in [0.717, 1.165) is 50.5 Å². The van der Waals surface area contributed by atoms with E-state index >= 15 is 0 Å². The summed E-state index contributed by atoms with van der Waals surface area (Å²) >= 11 is 0. The summed E-state index contributed by atoms with van der Waals surface area (Å²) in [5.41, 5.74) is 0. The second kappa shape index (κ2) is 10.9. The molecule has 0 aliphatic rings. The lowest BCUT2D eigenvalue weighted by atomic mass is 10.3. The SMILES string of the molecule is CCCCOc1ccc(OCCC[n+]2ccccc2)cc1.[Cl-]. The van der Waals surface area contributed by atoms with Gasteiger partial charge in [-0.3, -0.25) is 0 Å². The summed E-state index contributed by atoms with van der Waals surface area (Å²) in [5.74, 6) is 1.81. The van der Waals surface area contributed by atoms with Crippen LogP contribution in [0.15, 0.2) is 54.9 Å². The van der Waals surface area contributed by atoms with Crippen LogP contribution in [-0.4, -0.2) is 13.2 Å². The molecule has 2 rings (SSSR count). The van der Waals surface area contributed by atoms with Crippen molar-refractivity contribution in [3.63, 3.8) is 0 Å². The third kappa shape index (κ3) is 6.81. The largest absolute Gasteiger partial charge is 1.00 e. The fourth-order valence-corrected chi connectivity index (χ4v) is 1.99. The van der Waals surface area contributed by atoms with Crippen LogP contribution in [0.1, 0.15) is 26.2 Å². The maximum Gasteiger partial charge on any atom is 0.168 e.